The molecule has 0 aliphatic carbocycles. The lowest BCUT2D eigenvalue weighted by Gasteiger charge is -2.14. The number of carbonyl (C=O) groups is 3. The Balaban J connectivity index is 1.65. The molecule has 1 amide bonds. The number of benzene rings is 2. The Labute approximate surface area is 214 Å². The molecule has 2 aromatic carbocycles. The molecule has 35 heavy (non-hydrogen) atoms. The van der Waals surface area contributed by atoms with E-state index in [-0.39, 0.29) is 34.6 Å². The number of thioether (sulfide) groups is 1. The third kappa shape index (κ3) is 6.83. The molecule has 184 valence electrons. The molecule has 0 bridgehead atoms. The molecule has 12 heteroatoms. The van der Waals surface area contributed by atoms with Crippen LogP contribution in [0.4, 0.5) is 5.69 Å². The zero-order valence-corrected chi connectivity index (χ0v) is 21.8. The predicted octanol–water partition coefficient (Wildman–Crippen LogP) is 4.02. The van der Waals surface area contributed by atoms with E-state index in [2.05, 4.69) is 31.4 Å². The molecule has 3 aromatic rings. The van der Waals surface area contributed by atoms with Gasteiger partial charge in [-0.1, -0.05) is 27.7 Å². The second kappa shape index (κ2) is 11.8. The molecule has 1 N–H and O–H groups in total. The molecule has 0 spiro atoms. The second-order valence-electron chi connectivity index (χ2n) is 7.23. The Morgan fingerprint density at radius 2 is 1.63 bits per heavy atom. The summed E-state index contributed by atoms with van der Waals surface area (Å²) in [5.74, 6) is -0.346. The predicted molar refractivity (Wildman–Crippen MR) is 133 cm³/mol. The van der Waals surface area contributed by atoms with Gasteiger partial charge in [-0.3, -0.25) is 4.79 Å². The third-order valence-electron chi connectivity index (χ3n) is 4.75. The summed E-state index contributed by atoms with van der Waals surface area (Å²) in [4.78, 5) is 36.4. The van der Waals surface area contributed by atoms with Gasteiger partial charge in [0.1, 0.15) is 5.75 Å². The third-order valence-corrected chi connectivity index (χ3v) is 6.30. The minimum atomic E-state index is -0.647. The quantitative estimate of drug-likeness (QED) is 0.304. The van der Waals surface area contributed by atoms with Gasteiger partial charge in [-0.2, -0.15) is 0 Å². The van der Waals surface area contributed by atoms with Gasteiger partial charge < -0.3 is 24.1 Å². The number of carbonyl (C=O) groups excluding carboxylic acids is 3. The zero-order chi connectivity index (χ0) is 25.5. The van der Waals surface area contributed by atoms with Crippen molar-refractivity contribution in [2.75, 3.05) is 25.3 Å². The maximum atomic E-state index is 12.6. The van der Waals surface area contributed by atoms with E-state index >= 15 is 0 Å². The molecule has 0 saturated heterocycles. The number of aromatic nitrogens is 3. The van der Waals surface area contributed by atoms with E-state index in [1.54, 1.807) is 11.6 Å². The summed E-state index contributed by atoms with van der Waals surface area (Å²) in [6.45, 7) is 1.86. The molecule has 1 aromatic heterocycles. The number of nitrogens with one attached hydrogen (secondary N) is 1. The average molecular weight is 563 g/mol. The number of hydrogen-bond donors (Lipinski definition) is 1. The molecule has 0 radical (unpaired) electrons. The first-order valence-electron chi connectivity index (χ1n) is 10.3. The van der Waals surface area contributed by atoms with Crippen LogP contribution in [0.15, 0.2) is 52.1 Å². The minimum absolute atomic E-state index is 0.0178. The zero-order valence-electron chi connectivity index (χ0n) is 19.4. The van der Waals surface area contributed by atoms with Crippen LogP contribution < -0.4 is 10.1 Å². The summed E-state index contributed by atoms with van der Waals surface area (Å²) < 4.78 is 18.1. The number of hydrogen-bond acceptors (Lipinski definition) is 9. The van der Waals surface area contributed by atoms with Crippen molar-refractivity contribution >= 4 is 51.2 Å². The van der Waals surface area contributed by atoms with Crippen LogP contribution in [-0.4, -0.2) is 52.6 Å². The van der Waals surface area contributed by atoms with Crippen LogP contribution in [0, 0.1) is 0 Å². The SMILES string of the molecule is COC(=O)c1cc(NC(=O)CSc2nnc(C(C)Oc3ccc(Br)cc3)n2C)cc(C(=O)OC)c1. The van der Waals surface area contributed by atoms with E-state index in [4.69, 9.17) is 14.2 Å². The fraction of sp³-hybridized carbons (Fsp3) is 0.261. The number of nitrogens with zero attached hydrogens (tertiary/aromatic N) is 3. The summed E-state index contributed by atoms with van der Waals surface area (Å²) in [7, 11) is 4.24. The van der Waals surface area contributed by atoms with Crippen LogP contribution in [0.3, 0.4) is 0 Å². The highest BCUT2D eigenvalue weighted by Gasteiger charge is 2.19. The van der Waals surface area contributed by atoms with Crippen molar-refractivity contribution in [3.05, 3.63) is 63.9 Å². The van der Waals surface area contributed by atoms with Crippen molar-refractivity contribution in [3.8, 4) is 5.75 Å². The van der Waals surface area contributed by atoms with Gasteiger partial charge in [-0.25, -0.2) is 9.59 Å². The summed E-state index contributed by atoms with van der Waals surface area (Å²) in [5.41, 5.74) is 0.473. The molecule has 0 fully saturated rings. The Hall–Kier alpha value is -3.38. The maximum Gasteiger partial charge on any atom is 0.337 e. The number of esters is 2. The van der Waals surface area contributed by atoms with Gasteiger partial charge in [-0.15, -0.1) is 10.2 Å². The van der Waals surface area contributed by atoms with Gasteiger partial charge in [0.25, 0.3) is 0 Å². The van der Waals surface area contributed by atoms with Crippen LogP contribution >= 0.6 is 27.7 Å². The number of ether oxygens (including phenoxy) is 3. The largest absolute Gasteiger partial charge is 0.483 e. The molecular weight excluding hydrogens is 540 g/mol. The molecule has 0 saturated carbocycles. The topological polar surface area (TPSA) is 122 Å². The molecule has 0 aliphatic rings. The van der Waals surface area contributed by atoms with Crippen LogP contribution in [-0.2, 0) is 21.3 Å². The van der Waals surface area contributed by atoms with Crippen molar-refractivity contribution in [1.82, 2.24) is 14.8 Å². The Morgan fingerprint density at radius 3 is 2.20 bits per heavy atom. The standard InChI is InChI=1S/C23H23BrN4O6S/c1-13(34-18-7-5-16(24)6-8-18)20-26-27-23(28(20)2)35-12-19(29)25-17-10-14(21(30)32-3)9-15(11-17)22(31)33-4/h5-11,13H,12H2,1-4H3,(H,25,29). The Kier molecular flexibility index (Phi) is 8.88. The normalized spacial score (nSPS) is 11.5. The smallest absolute Gasteiger partial charge is 0.337 e. The fourth-order valence-electron chi connectivity index (χ4n) is 3.07. The van der Waals surface area contributed by atoms with Crippen LogP contribution in [0.25, 0.3) is 0 Å². The number of halogens is 1. The van der Waals surface area contributed by atoms with Gasteiger partial charge in [0.15, 0.2) is 17.1 Å². The van der Waals surface area contributed by atoms with E-state index in [9.17, 15) is 14.4 Å². The molecule has 1 unspecified atom stereocenters. The van der Waals surface area contributed by atoms with Gasteiger partial charge in [0.2, 0.25) is 5.91 Å². The van der Waals surface area contributed by atoms with Gasteiger partial charge >= 0.3 is 11.9 Å². The monoisotopic (exact) mass is 562 g/mol. The van der Waals surface area contributed by atoms with Crippen LogP contribution in [0.5, 0.6) is 5.75 Å². The Morgan fingerprint density at radius 1 is 1.03 bits per heavy atom. The average Bonchev–Trinajstić information content (AvgIpc) is 3.23. The molecule has 0 aliphatic heterocycles. The van der Waals surface area contributed by atoms with Crippen molar-refractivity contribution in [2.24, 2.45) is 7.05 Å². The van der Waals surface area contributed by atoms with Gasteiger partial charge in [0, 0.05) is 17.2 Å². The number of anilines is 1. The second-order valence-corrected chi connectivity index (χ2v) is 9.09. The first kappa shape index (κ1) is 26.2. The summed E-state index contributed by atoms with van der Waals surface area (Å²) in [6, 6.07) is 11.6. The van der Waals surface area contributed by atoms with Crippen LogP contribution in [0.2, 0.25) is 0 Å². The fourth-order valence-corrected chi connectivity index (χ4v) is 4.06. The van der Waals surface area contributed by atoms with E-state index in [0.717, 1.165) is 4.47 Å². The first-order chi connectivity index (χ1) is 16.7. The first-order valence-corrected chi connectivity index (χ1v) is 12.1. The molecular formula is C23H23BrN4O6S. The summed E-state index contributed by atoms with van der Waals surface area (Å²) in [6.07, 6.45) is -0.366. The van der Waals surface area contributed by atoms with Crippen LogP contribution in [0.1, 0.15) is 39.6 Å². The number of methoxy groups -OCH3 is 2. The lowest BCUT2D eigenvalue weighted by atomic mass is 10.1. The highest BCUT2D eigenvalue weighted by atomic mass is 79.9. The van der Waals surface area contributed by atoms with E-state index in [1.807, 2.05) is 31.2 Å². The highest BCUT2D eigenvalue weighted by Crippen LogP contribution is 2.25. The molecule has 10 nitrogen and oxygen atoms in total. The highest BCUT2D eigenvalue weighted by molar-refractivity contribution is 9.10. The number of rotatable bonds is 9. The molecule has 1 atom stereocenters. The van der Waals surface area contributed by atoms with E-state index in [1.165, 1.54) is 44.2 Å². The molecule has 3 rings (SSSR count). The van der Waals surface area contributed by atoms with E-state index < -0.39 is 11.9 Å². The van der Waals surface area contributed by atoms with Gasteiger partial charge in [0.05, 0.1) is 31.1 Å². The maximum absolute atomic E-state index is 12.6. The summed E-state index contributed by atoms with van der Waals surface area (Å²) >= 11 is 4.57. The minimum Gasteiger partial charge on any atom is -0.483 e. The summed E-state index contributed by atoms with van der Waals surface area (Å²) in [5, 5.41) is 11.6. The number of amides is 1. The van der Waals surface area contributed by atoms with Crippen molar-refractivity contribution in [1.29, 1.82) is 0 Å². The lowest BCUT2D eigenvalue weighted by molar-refractivity contribution is -0.113. The van der Waals surface area contributed by atoms with Gasteiger partial charge in [-0.05, 0) is 49.4 Å². The van der Waals surface area contributed by atoms with Crippen molar-refractivity contribution < 1.29 is 28.6 Å². The molecule has 1 heterocycles. The van der Waals surface area contributed by atoms with Crippen molar-refractivity contribution in [3.63, 3.8) is 0 Å². The van der Waals surface area contributed by atoms with Crippen molar-refractivity contribution in [2.45, 2.75) is 18.2 Å². The Bertz CT molecular complexity index is 1200. The lowest BCUT2D eigenvalue weighted by Crippen LogP contribution is -2.16. The van der Waals surface area contributed by atoms with E-state index in [0.29, 0.717) is 16.7 Å².